The number of aromatic nitrogens is 2. The Bertz CT molecular complexity index is 430. The minimum absolute atomic E-state index is 0.0927. The summed E-state index contributed by atoms with van der Waals surface area (Å²) >= 11 is 6.01. The molecule has 1 fully saturated rings. The Morgan fingerprint density at radius 2 is 2.16 bits per heavy atom. The summed E-state index contributed by atoms with van der Waals surface area (Å²) in [5.74, 6) is 1.29. The lowest BCUT2D eigenvalue weighted by atomic mass is 9.91. The number of anilines is 1. The molecule has 0 amide bonds. The van der Waals surface area contributed by atoms with E-state index >= 15 is 0 Å². The molecule has 1 heterocycles. The van der Waals surface area contributed by atoms with Gasteiger partial charge in [0.1, 0.15) is 17.6 Å². The van der Waals surface area contributed by atoms with E-state index in [1.54, 1.807) is 13.2 Å². The molecular weight excluding hydrogens is 266 g/mol. The Morgan fingerprint density at radius 3 is 2.84 bits per heavy atom. The first-order valence-corrected chi connectivity index (χ1v) is 6.93. The molecule has 1 aromatic rings. The lowest BCUT2D eigenvalue weighted by molar-refractivity contribution is 0.106. The maximum absolute atomic E-state index is 10.1. The van der Waals surface area contributed by atoms with Crippen molar-refractivity contribution in [1.82, 2.24) is 9.97 Å². The highest BCUT2D eigenvalue weighted by Gasteiger charge is 2.27. The van der Waals surface area contributed by atoms with Gasteiger partial charge in [0.2, 0.25) is 0 Å². The van der Waals surface area contributed by atoms with Gasteiger partial charge < -0.3 is 14.7 Å². The first-order chi connectivity index (χ1) is 9.11. The summed E-state index contributed by atoms with van der Waals surface area (Å²) in [7, 11) is 3.53. The van der Waals surface area contributed by atoms with E-state index in [-0.39, 0.29) is 12.1 Å². The van der Waals surface area contributed by atoms with E-state index in [0.29, 0.717) is 17.6 Å². The minimum atomic E-state index is -0.307. The van der Waals surface area contributed by atoms with Crippen LogP contribution in [0.25, 0.3) is 0 Å². The number of hydrogen-bond acceptors (Lipinski definition) is 5. The van der Waals surface area contributed by atoms with Crippen LogP contribution in [0.1, 0.15) is 31.5 Å². The van der Waals surface area contributed by atoms with Crippen LogP contribution >= 0.6 is 11.6 Å². The molecular formula is C13H20ClN3O2. The SMILES string of the molecule is COCc1nc(Cl)cc(N(C)C2CCCCC2O)n1. The van der Waals surface area contributed by atoms with Gasteiger partial charge in [-0.2, -0.15) is 0 Å². The number of rotatable bonds is 4. The Labute approximate surface area is 118 Å². The first-order valence-electron chi connectivity index (χ1n) is 6.55. The molecule has 5 nitrogen and oxygen atoms in total. The Balaban J connectivity index is 2.19. The van der Waals surface area contributed by atoms with Crippen LogP contribution in [-0.4, -0.2) is 41.4 Å². The topological polar surface area (TPSA) is 58.5 Å². The van der Waals surface area contributed by atoms with Crippen molar-refractivity contribution in [1.29, 1.82) is 0 Å². The monoisotopic (exact) mass is 285 g/mol. The fraction of sp³-hybridized carbons (Fsp3) is 0.692. The number of aliphatic hydroxyl groups is 1. The quantitative estimate of drug-likeness (QED) is 0.858. The zero-order valence-corrected chi connectivity index (χ0v) is 12.1. The van der Waals surface area contributed by atoms with Crippen LogP contribution in [0.2, 0.25) is 5.15 Å². The van der Waals surface area contributed by atoms with Gasteiger partial charge in [0.15, 0.2) is 5.82 Å². The maximum Gasteiger partial charge on any atom is 0.158 e. The number of hydrogen-bond donors (Lipinski definition) is 1. The highest BCUT2D eigenvalue weighted by molar-refractivity contribution is 6.29. The minimum Gasteiger partial charge on any atom is -0.391 e. The van der Waals surface area contributed by atoms with Gasteiger partial charge in [-0.05, 0) is 12.8 Å². The largest absolute Gasteiger partial charge is 0.391 e. The number of methoxy groups -OCH3 is 1. The average Bonchev–Trinajstić information content (AvgIpc) is 2.38. The third kappa shape index (κ3) is 3.55. The van der Waals surface area contributed by atoms with Crippen LogP contribution in [-0.2, 0) is 11.3 Å². The molecule has 0 radical (unpaired) electrons. The standard InChI is InChI=1S/C13H20ClN3O2/c1-17(9-5-3-4-6-10(9)18)13-7-11(14)15-12(16-13)8-19-2/h7,9-10,18H,3-6,8H2,1-2H3. The van der Waals surface area contributed by atoms with Gasteiger partial charge >= 0.3 is 0 Å². The first kappa shape index (κ1) is 14.5. The van der Waals surface area contributed by atoms with Crippen molar-refractivity contribution in [2.75, 3.05) is 19.1 Å². The van der Waals surface area contributed by atoms with E-state index in [9.17, 15) is 5.11 Å². The third-order valence-electron chi connectivity index (χ3n) is 3.55. The Kier molecular flexibility index (Phi) is 4.96. The summed E-state index contributed by atoms with van der Waals surface area (Å²) in [5.41, 5.74) is 0. The van der Waals surface area contributed by atoms with Crippen molar-refractivity contribution < 1.29 is 9.84 Å². The van der Waals surface area contributed by atoms with E-state index in [4.69, 9.17) is 16.3 Å². The van der Waals surface area contributed by atoms with Crippen LogP contribution in [0.4, 0.5) is 5.82 Å². The van der Waals surface area contributed by atoms with E-state index in [2.05, 4.69) is 9.97 Å². The number of ether oxygens (including phenoxy) is 1. The van der Waals surface area contributed by atoms with Gasteiger partial charge in [0, 0.05) is 20.2 Å². The summed E-state index contributed by atoms with van der Waals surface area (Å²) in [6, 6.07) is 1.82. The van der Waals surface area contributed by atoms with Crippen LogP contribution in [0.15, 0.2) is 6.07 Å². The molecule has 0 aromatic carbocycles. The van der Waals surface area contributed by atoms with Gasteiger partial charge in [-0.15, -0.1) is 0 Å². The van der Waals surface area contributed by atoms with Crippen molar-refractivity contribution in [3.05, 3.63) is 17.0 Å². The average molecular weight is 286 g/mol. The second-order valence-electron chi connectivity index (χ2n) is 4.93. The fourth-order valence-electron chi connectivity index (χ4n) is 2.54. The van der Waals surface area contributed by atoms with Gasteiger partial charge in [-0.25, -0.2) is 9.97 Å². The van der Waals surface area contributed by atoms with E-state index < -0.39 is 0 Å². The zero-order valence-electron chi connectivity index (χ0n) is 11.3. The smallest absolute Gasteiger partial charge is 0.158 e. The molecule has 0 aliphatic heterocycles. The summed E-state index contributed by atoms with van der Waals surface area (Å²) in [5, 5.41) is 10.5. The van der Waals surface area contributed by atoms with E-state index in [1.165, 1.54) is 0 Å². The number of likely N-dealkylation sites (N-methyl/N-ethyl adjacent to an activating group) is 1. The predicted octanol–water partition coefficient (Wildman–Crippen LogP) is 2.02. The molecule has 19 heavy (non-hydrogen) atoms. The Morgan fingerprint density at radius 1 is 1.42 bits per heavy atom. The van der Waals surface area contributed by atoms with Crippen molar-refractivity contribution in [2.45, 2.75) is 44.4 Å². The van der Waals surface area contributed by atoms with Crippen LogP contribution in [0, 0.1) is 0 Å². The van der Waals surface area contributed by atoms with E-state index in [0.717, 1.165) is 31.5 Å². The molecule has 0 bridgehead atoms. The molecule has 2 rings (SSSR count). The number of aliphatic hydroxyl groups excluding tert-OH is 1. The maximum atomic E-state index is 10.1. The van der Waals surface area contributed by atoms with Gasteiger partial charge in [0.05, 0.1) is 12.1 Å². The zero-order chi connectivity index (χ0) is 13.8. The molecule has 6 heteroatoms. The van der Waals surface area contributed by atoms with Crippen molar-refractivity contribution in [3.8, 4) is 0 Å². The van der Waals surface area contributed by atoms with Crippen molar-refractivity contribution >= 4 is 17.4 Å². The van der Waals surface area contributed by atoms with E-state index in [1.807, 2.05) is 11.9 Å². The summed E-state index contributed by atoms with van der Waals surface area (Å²) in [6.07, 6.45) is 3.73. The Hall–Kier alpha value is -0.910. The van der Waals surface area contributed by atoms with Crippen molar-refractivity contribution in [3.63, 3.8) is 0 Å². The van der Waals surface area contributed by atoms with Gasteiger partial charge in [-0.1, -0.05) is 24.4 Å². The van der Waals surface area contributed by atoms with Gasteiger partial charge in [0.25, 0.3) is 0 Å². The van der Waals surface area contributed by atoms with Gasteiger partial charge in [-0.3, -0.25) is 0 Å². The molecule has 1 aliphatic rings. The molecule has 2 atom stereocenters. The molecule has 0 saturated heterocycles. The summed E-state index contributed by atoms with van der Waals surface area (Å²) in [6.45, 7) is 0.328. The molecule has 106 valence electrons. The normalized spacial score (nSPS) is 23.4. The number of halogens is 1. The predicted molar refractivity (Wildman–Crippen MR) is 74.4 cm³/mol. The molecule has 0 spiro atoms. The second kappa shape index (κ2) is 6.50. The lowest BCUT2D eigenvalue weighted by Gasteiger charge is -2.36. The third-order valence-corrected chi connectivity index (χ3v) is 3.75. The summed E-state index contributed by atoms with van der Waals surface area (Å²) < 4.78 is 5.03. The molecule has 1 N–H and O–H groups in total. The second-order valence-corrected chi connectivity index (χ2v) is 5.32. The number of nitrogens with zero attached hydrogens (tertiary/aromatic N) is 3. The van der Waals surface area contributed by atoms with Crippen LogP contribution < -0.4 is 4.90 Å². The highest BCUT2D eigenvalue weighted by atomic mass is 35.5. The highest BCUT2D eigenvalue weighted by Crippen LogP contribution is 2.26. The molecule has 1 saturated carbocycles. The van der Waals surface area contributed by atoms with Crippen molar-refractivity contribution in [2.24, 2.45) is 0 Å². The van der Waals surface area contributed by atoms with Crippen LogP contribution in [0.3, 0.4) is 0 Å². The molecule has 1 aliphatic carbocycles. The fourth-order valence-corrected chi connectivity index (χ4v) is 2.73. The van der Waals surface area contributed by atoms with Crippen LogP contribution in [0.5, 0.6) is 0 Å². The summed E-state index contributed by atoms with van der Waals surface area (Å²) in [4.78, 5) is 10.5. The molecule has 2 unspecified atom stereocenters. The lowest BCUT2D eigenvalue weighted by Crippen LogP contribution is -2.43. The molecule has 1 aromatic heterocycles.